The van der Waals surface area contributed by atoms with Gasteiger partial charge in [0.25, 0.3) is 11.8 Å². The summed E-state index contributed by atoms with van der Waals surface area (Å²) in [4.78, 5) is 46.0. The van der Waals surface area contributed by atoms with Gasteiger partial charge >= 0.3 is 0 Å². The summed E-state index contributed by atoms with van der Waals surface area (Å²) < 4.78 is 24.5. The molecule has 6 rings (SSSR count). The van der Waals surface area contributed by atoms with Crippen molar-refractivity contribution in [1.82, 2.24) is 14.5 Å². The van der Waals surface area contributed by atoms with Gasteiger partial charge in [-0.2, -0.15) is 0 Å². The van der Waals surface area contributed by atoms with Crippen LogP contribution in [-0.4, -0.2) is 60.2 Å². The summed E-state index contributed by atoms with van der Waals surface area (Å²) >= 11 is 0. The number of rotatable bonds is 16. The van der Waals surface area contributed by atoms with E-state index in [1.807, 2.05) is 47.2 Å². The maximum atomic E-state index is 13.6. The fourth-order valence-electron chi connectivity index (χ4n) is 5.84. The number of fused-ring (bicyclic) bond motifs is 1. The van der Waals surface area contributed by atoms with Gasteiger partial charge in [-0.3, -0.25) is 19.3 Å². The molecule has 0 atom stereocenters. The Labute approximate surface area is 306 Å². The number of imidazole rings is 1. The van der Waals surface area contributed by atoms with Gasteiger partial charge < -0.3 is 33.8 Å². The fourth-order valence-corrected chi connectivity index (χ4v) is 5.84. The van der Waals surface area contributed by atoms with Crippen LogP contribution < -0.4 is 30.3 Å². The summed E-state index contributed by atoms with van der Waals surface area (Å²) in [6.45, 7) is 5.97. The number of carbonyl (C=O) groups excluding carboxylic acids is 2. The third-order valence-electron chi connectivity index (χ3n) is 8.73. The molecule has 0 fully saturated rings. The predicted octanol–water partition coefficient (Wildman–Crippen LogP) is 6.65. The Morgan fingerprint density at radius 2 is 1.66 bits per heavy atom. The minimum Gasteiger partial charge on any atom is -0.493 e. The maximum absolute atomic E-state index is 13.6. The molecule has 0 aliphatic rings. The van der Waals surface area contributed by atoms with E-state index in [0.29, 0.717) is 29.2 Å². The zero-order valence-electron chi connectivity index (χ0n) is 29.8. The van der Waals surface area contributed by atoms with E-state index in [4.69, 9.17) is 18.6 Å². The molecule has 0 bridgehead atoms. The van der Waals surface area contributed by atoms with Crippen molar-refractivity contribution >= 4 is 34.2 Å². The number of para-hydroxylation sites is 1. The molecule has 6 aromatic rings. The number of aromatic nitrogens is 2. The van der Waals surface area contributed by atoms with E-state index >= 15 is 0 Å². The van der Waals surface area contributed by atoms with Crippen molar-refractivity contribution in [3.05, 3.63) is 142 Å². The average molecular weight is 716 g/mol. The van der Waals surface area contributed by atoms with E-state index in [-0.39, 0.29) is 28.0 Å². The number of nitrogens with zero attached hydrogens (tertiary/aromatic N) is 3. The first-order valence-corrected chi connectivity index (χ1v) is 17.2. The van der Waals surface area contributed by atoms with E-state index in [1.165, 1.54) is 31.9 Å². The first-order valence-electron chi connectivity index (χ1n) is 17.2. The Hall–Kier alpha value is -6.40. The van der Waals surface area contributed by atoms with Crippen LogP contribution in [0.4, 0.5) is 11.4 Å². The number of benzene rings is 4. The smallest absolute Gasteiger partial charge is 0.291 e. The molecule has 0 saturated carbocycles. The van der Waals surface area contributed by atoms with Crippen LogP contribution in [0.25, 0.3) is 11.0 Å². The monoisotopic (exact) mass is 715 g/mol. The molecule has 0 radical (unpaired) electrons. The molecule has 0 aliphatic heterocycles. The van der Waals surface area contributed by atoms with Gasteiger partial charge in [-0.05, 0) is 66.6 Å². The summed E-state index contributed by atoms with van der Waals surface area (Å²) in [7, 11) is 2.91. The molecule has 272 valence electrons. The van der Waals surface area contributed by atoms with E-state index in [0.717, 1.165) is 50.0 Å². The summed E-state index contributed by atoms with van der Waals surface area (Å²) in [5.41, 5.74) is 3.05. The molecule has 2 amide bonds. The third-order valence-corrected chi connectivity index (χ3v) is 8.73. The van der Waals surface area contributed by atoms with Gasteiger partial charge in [0.1, 0.15) is 17.9 Å². The highest BCUT2D eigenvalue weighted by Gasteiger charge is 2.21. The summed E-state index contributed by atoms with van der Waals surface area (Å²) in [5.74, 6) is 0.0477. The van der Waals surface area contributed by atoms with Crippen molar-refractivity contribution in [1.29, 1.82) is 0 Å². The SMILES string of the molecule is CCN(CCc1ccc(NC(=O)c2cc(OC)c(OC)cc2NC(=O)c2cc(=O)c3ccccc3o2)cc1)Cc1cccc(OCCn2ccnc2)c1. The van der Waals surface area contributed by atoms with Crippen molar-refractivity contribution in [2.45, 2.75) is 26.4 Å². The average Bonchev–Trinajstić information content (AvgIpc) is 3.70. The third kappa shape index (κ3) is 9.29. The summed E-state index contributed by atoms with van der Waals surface area (Å²) in [5, 5.41) is 5.97. The Balaban J connectivity index is 1.08. The number of amides is 2. The first kappa shape index (κ1) is 36.4. The van der Waals surface area contributed by atoms with Gasteiger partial charge in [-0.25, -0.2) is 4.98 Å². The van der Waals surface area contributed by atoms with Gasteiger partial charge in [0.2, 0.25) is 0 Å². The summed E-state index contributed by atoms with van der Waals surface area (Å²) in [6.07, 6.45) is 6.27. The van der Waals surface area contributed by atoms with Crippen LogP contribution in [0.3, 0.4) is 0 Å². The second kappa shape index (κ2) is 17.2. The lowest BCUT2D eigenvalue weighted by Crippen LogP contribution is -2.25. The van der Waals surface area contributed by atoms with Crippen LogP contribution in [0.5, 0.6) is 17.2 Å². The van der Waals surface area contributed by atoms with Crippen LogP contribution >= 0.6 is 0 Å². The van der Waals surface area contributed by atoms with Crippen molar-refractivity contribution in [3.63, 3.8) is 0 Å². The van der Waals surface area contributed by atoms with Crippen LogP contribution in [0.1, 0.15) is 39.0 Å². The maximum Gasteiger partial charge on any atom is 0.291 e. The number of hydrogen-bond donors (Lipinski definition) is 2. The number of carbonyl (C=O) groups is 2. The van der Waals surface area contributed by atoms with E-state index < -0.39 is 11.8 Å². The molecule has 2 aromatic heterocycles. The minimum atomic E-state index is -0.706. The highest BCUT2D eigenvalue weighted by Crippen LogP contribution is 2.34. The van der Waals surface area contributed by atoms with Crippen LogP contribution in [0.2, 0.25) is 0 Å². The lowest BCUT2D eigenvalue weighted by Gasteiger charge is -2.21. The Bertz CT molecular complexity index is 2230. The molecule has 0 spiro atoms. The molecule has 2 heterocycles. The zero-order chi connectivity index (χ0) is 37.2. The molecular weight excluding hydrogens is 674 g/mol. The highest BCUT2D eigenvalue weighted by molar-refractivity contribution is 6.12. The molecule has 2 N–H and O–H groups in total. The minimum absolute atomic E-state index is 0.120. The van der Waals surface area contributed by atoms with Crippen molar-refractivity contribution in [2.24, 2.45) is 0 Å². The fraction of sp³-hybridized carbons (Fsp3) is 0.220. The predicted molar refractivity (Wildman–Crippen MR) is 203 cm³/mol. The molecule has 4 aromatic carbocycles. The number of ether oxygens (including phenoxy) is 3. The lowest BCUT2D eigenvalue weighted by atomic mass is 10.1. The quantitative estimate of drug-likeness (QED) is 0.113. The molecule has 53 heavy (non-hydrogen) atoms. The number of nitrogens with one attached hydrogen (secondary N) is 2. The van der Waals surface area contributed by atoms with Gasteiger partial charge in [0.15, 0.2) is 22.7 Å². The number of hydrogen-bond acceptors (Lipinski definition) is 9. The Kier molecular flexibility index (Phi) is 11.8. The van der Waals surface area contributed by atoms with Gasteiger partial charge in [-0.15, -0.1) is 0 Å². The van der Waals surface area contributed by atoms with Crippen LogP contribution in [0, 0.1) is 0 Å². The number of methoxy groups -OCH3 is 2. The topological polar surface area (TPSA) is 137 Å². The highest BCUT2D eigenvalue weighted by atomic mass is 16.5. The van der Waals surface area contributed by atoms with Crippen molar-refractivity contribution < 1.29 is 28.2 Å². The lowest BCUT2D eigenvalue weighted by molar-refractivity contribution is 0.0997. The Morgan fingerprint density at radius 1 is 0.868 bits per heavy atom. The van der Waals surface area contributed by atoms with E-state index in [2.05, 4.69) is 39.6 Å². The second-order valence-corrected chi connectivity index (χ2v) is 12.2. The van der Waals surface area contributed by atoms with Crippen molar-refractivity contribution in [3.8, 4) is 17.2 Å². The summed E-state index contributed by atoms with van der Waals surface area (Å²) in [6, 6.07) is 26.6. The molecule has 0 saturated heterocycles. The molecule has 12 nitrogen and oxygen atoms in total. The molecule has 0 unspecified atom stereocenters. The second-order valence-electron chi connectivity index (χ2n) is 12.2. The van der Waals surface area contributed by atoms with Gasteiger partial charge in [0.05, 0.1) is 43.7 Å². The van der Waals surface area contributed by atoms with E-state index in [9.17, 15) is 14.4 Å². The molecular formula is C41H41N5O7. The van der Waals surface area contributed by atoms with Gasteiger partial charge in [0, 0.05) is 43.3 Å². The zero-order valence-corrected chi connectivity index (χ0v) is 29.8. The number of anilines is 2. The largest absolute Gasteiger partial charge is 0.493 e. The van der Waals surface area contributed by atoms with Crippen LogP contribution in [-0.2, 0) is 19.5 Å². The Morgan fingerprint density at radius 3 is 2.42 bits per heavy atom. The standard InChI is InChI=1S/C41H41N5O7/c1-4-45(26-29-8-7-9-31(22-29)52-21-20-46-19-17-42-27-46)18-16-28-12-14-30(15-13-28)43-40(48)33-23-37(50-2)38(51-3)24-34(33)44-41(49)39-25-35(47)32-10-5-6-11-36(32)53-39/h5-15,17,19,22-25,27H,4,16,18,20-21,26H2,1-3H3,(H,43,48)(H,44,49). The van der Waals surface area contributed by atoms with Crippen molar-refractivity contribution in [2.75, 3.05) is 44.5 Å². The van der Waals surface area contributed by atoms with E-state index in [1.54, 1.807) is 36.8 Å². The molecule has 0 aliphatic carbocycles. The molecule has 12 heteroatoms. The van der Waals surface area contributed by atoms with Crippen LogP contribution in [0.15, 0.2) is 119 Å². The first-order chi connectivity index (χ1) is 25.8. The normalized spacial score (nSPS) is 11.0. The van der Waals surface area contributed by atoms with Gasteiger partial charge in [-0.1, -0.05) is 43.3 Å². The number of likely N-dealkylation sites (N-methyl/N-ethyl adjacent to an activating group) is 1.